The first-order chi connectivity index (χ1) is 15.0. The van der Waals surface area contributed by atoms with E-state index in [2.05, 4.69) is 22.9 Å². The SMILES string of the molecule is CCO[C@H]1CCN(Cc2c(OC)cc(C)c3scnc23)[C@H](c2ccc(C(=O)O)cc2)C1. The summed E-state index contributed by atoms with van der Waals surface area (Å²) in [5, 5.41) is 9.25. The van der Waals surface area contributed by atoms with Crippen molar-refractivity contribution in [2.75, 3.05) is 20.3 Å². The van der Waals surface area contributed by atoms with Crippen LogP contribution in [0.25, 0.3) is 10.2 Å². The second-order valence-electron chi connectivity index (χ2n) is 7.92. The first kappa shape index (κ1) is 21.7. The average Bonchev–Trinajstić information content (AvgIpc) is 3.27. The number of carboxylic acids is 1. The van der Waals surface area contributed by atoms with Crippen LogP contribution in [-0.4, -0.2) is 47.3 Å². The van der Waals surface area contributed by atoms with Crippen molar-refractivity contribution >= 4 is 27.5 Å². The number of ether oxygens (including phenoxy) is 2. The van der Waals surface area contributed by atoms with E-state index in [0.717, 1.165) is 41.8 Å². The Morgan fingerprint density at radius 3 is 2.77 bits per heavy atom. The first-order valence-corrected chi connectivity index (χ1v) is 11.5. The van der Waals surface area contributed by atoms with Crippen molar-refractivity contribution in [2.45, 2.75) is 45.4 Å². The summed E-state index contributed by atoms with van der Waals surface area (Å²) in [6.45, 7) is 6.42. The highest BCUT2D eigenvalue weighted by molar-refractivity contribution is 7.17. The van der Waals surface area contributed by atoms with Crippen molar-refractivity contribution in [2.24, 2.45) is 0 Å². The normalized spacial score (nSPS) is 19.6. The Labute approximate surface area is 186 Å². The summed E-state index contributed by atoms with van der Waals surface area (Å²) < 4.78 is 12.9. The molecule has 7 heteroatoms. The molecule has 1 aliphatic heterocycles. The van der Waals surface area contributed by atoms with Gasteiger partial charge in [-0.1, -0.05) is 12.1 Å². The molecule has 0 saturated carbocycles. The van der Waals surface area contributed by atoms with E-state index < -0.39 is 5.97 Å². The lowest BCUT2D eigenvalue weighted by Crippen LogP contribution is -2.39. The molecule has 31 heavy (non-hydrogen) atoms. The molecule has 0 radical (unpaired) electrons. The van der Waals surface area contributed by atoms with Gasteiger partial charge in [0, 0.05) is 31.3 Å². The second kappa shape index (κ2) is 9.34. The summed E-state index contributed by atoms with van der Waals surface area (Å²) in [7, 11) is 1.71. The molecule has 1 N–H and O–H groups in total. The van der Waals surface area contributed by atoms with Crippen LogP contribution in [0.4, 0.5) is 0 Å². The Morgan fingerprint density at radius 1 is 1.32 bits per heavy atom. The van der Waals surface area contributed by atoms with Gasteiger partial charge in [0.1, 0.15) is 5.75 Å². The van der Waals surface area contributed by atoms with Gasteiger partial charge in [0.15, 0.2) is 0 Å². The third kappa shape index (κ3) is 4.44. The van der Waals surface area contributed by atoms with Crippen LogP contribution >= 0.6 is 11.3 Å². The fourth-order valence-corrected chi connectivity index (χ4v) is 5.29. The van der Waals surface area contributed by atoms with E-state index in [1.165, 1.54) is 10.3 Å². The monoisotopic (exact) mass is 440 g/mol. The van der Waals surface area contributed by atoms with Crippen molar-refractivity contribution in [3.8, 4) is 5.75 Å². The van der Waals surface area contributed by atoms with E-state index in [9.17, 15) is 9.90 Å². The second-order valence-corrected chi connectivity index (χ2v) is 8.77. The molecule has 1 aliphatic rings. The number of aryl methyl sites for hydroxylation is 1. The molecule has 0 unspecified atom stereocenters. The number of thiazole rings is 1. The summed E-state index contributed by atoms with van der Waals surface area (Å²) in [5.41, 5.74) is 6.59. The molecule has 1 aromatic heterocycles. The highest BCUT2D eigenvalue weighted by atomic mass is 32.1. The topological polar surface area (TPSA) is 71.9 Å². The molecule has 0 amide bonds. The van der Waals surface area contributed by atoms with Crippen LogP contribution in [0.1, 0.15) is 52.9 Å². The number of rotatable bonds is 7. The number of benzene rings is 2. The van der Waals surface area contributed by atoms with Crippen LogP contribution in [0.3, 0.4) is 0 Å². The van der Waals surface area contributed by atoms with E-state index in [-0.39, 0.29) is 12.1 Å². The molecule has 6 nitrogen and oxygen atoms in total. The van der Waals surface area contributed by atoms with E-state index in [1.807, 2.05) is 24.6 Å². The minimum Gasteiger partial charge on any atom is -0.496 e. The molecule has 2 atom stereocenters. The maximum atomic E-state index is 11.3. The lowest BCUT2D eigenvalue weighted by atomic mass is 9.92. The van der Waals surface area contributed by atoms with E-state index >= 15 is 0 Å². The van der Waals surface area contributed by atoms with Crippen LogP contribution < -0.4 is 4.74 Å². The number of aromatic nitrogens is 1. The van der Waals surface area contributed by atoms with Gasteiger partial charge < -0.3 is 14.6 Å². The number of nitrogens with zero attached hydrogens (tertiary/aromatic N) is 2. The van der Waals surface area contributed by atoms with Gasteiger partial charge in [0.2, 0.25) is 0 Å². The van der Waals surface area contributed by atoms with Crippen LogP contribution in [0.5, 0.6) is 5.75 Å². The number of likely N-dealkylation sites (tertiary alicyclic amines) is 1. The molecule has 1 fully saturated rings. The zero-order valence-corrected chi connectivity index (χ0v) is 18.9. The van der Waals surface area contributed by atoms with Crippen molar-refractivity contribution < 1.29 is 19.4 Å². The summed E-state index contributed by atoms with van der Waals surface area (Å²) in [5.74, 6) is -0.0441. The fourth-order valence-electron chi connectivity index (χ4n) is 4.50. The Hall–Kier alpha value is -2.48. The molecule has 1 saturated heterocycles. The maximum absolute atomic E-state index is 11.3. The summed E-state index contributed by atoms with van der Waals surface area (Å²) in [4.78, 5) is 18.4. The standard InChI is InChI=1S/C24H28N2O4S/c1-4-30-18-9-10-26(20(12-18)16-5-7-17(8-6-16)24(27)28)13-19-21(29-3)11-15(2)23-22(19)25-14-31-23/h5-8,11,14,18,20H,4,9-10,12-13H2,1-3H3,(H,27,28)/t18-,20-/m0/s1. The number of aromatic carboxylic acids is 1. The molecular formula is C24H28N2O4S. The molecule has 0 spiro atoms. The predicted molar refractivity (Wildman–Crippen MR) is 122 cm³/mol. The first-order valence-electron chi connectivity index (χ1n) is 10.6. The van der Waals surface area contributed by atoms with Crippen LogP contribution in [-0.2, 0) is 11.3 Å². The van der Waals surface area contributed by atoms with Gasteiger partial charge in [-0.25, -0.2) is 9.78 Å². The van der Waals surface area contributed by atoms with E-state index in [4.69, 9.17) is 9.47 Å². The quantitative estimate of drug-likeness (QED) is 0.554. The van der Waals surface area contributed by atoms with Gasteiger partial charge >= 0.3 is 5.97 Å². The van der Waals surface area contributed by atoms with Gasteiger partial charge in [-0.2, -0.15) is 0 Å². The minimum atomic E-state index is -0.908. The Morgan fingerprint density at radius 2 is 2.10 bits per heavy atom. The Kier molecular flexibility index (Phi) is 6.55. The molecule has 0 bridgehead atoms. The van der Waals surface area contributed by atoms with Crippen LogP contribution in [0.15, 0.2) is 35.8 Å². The van der Waals surface area contributed by atoms with E-state index in [1.54, 1.807) is 30.6 Å². The van der Waals surface area contributed by atoms with Gasteiger partial charge in [-0.05, 0) is 56.0 Å². The molecule has 4 rings (SSSR count). The third-order valence-corrected chi connectivity index (χ3v) is 7.01. The number of hydrogen-bond acceptors (Lipinski definition) is 6. The highest BCUT2D eigenvalue weighted by Crippen LogP contribution is 2.38. The molecule has 2 aromatic carbocycles. The molecule has 0 aliphatic carbocycles. The molecule has 164 valence electrons. The number of fused-ring (bicyclic) bond motifs is 1. The fraction of sp³-hybridized carbons (Fsp3) is 0.417. The largest absolute Gasteiger partial charge is 0.496 e. The summed E-state index contributed by atoms with van der Waals surface area (Å²) >= 11 is 1.66. The summed E-state index contributed by atoms with van der Waals surface area (Å²) in [6, 6.07) is 9.46. The van der Waals surface area contributed by atoms with Gasteiger partial charge in [-0.15, -0.1) is 11.3 Å². The third-order valence-electron chi connectivity index (χ3n) is 6.05. The van der Waals surface area contributed by atoms with Gasteiger partial charge in [0.25, 0.3) is 0 Å². The lowest BCUT2D eigenvalue weighted by molar-refractivity contribution is -0.0138. The van der Waals surface area contributed by atoms with Gasteiger partial charge in [0.05, 0.1) is 34.5 Å². The van der Waals surface area contributed by atoms with Crippen molar-refractivity contribution in [1.29, 1.82) is 0 Å². The van der Waals surface area contributed by atoms with Crippen molar-refractivity contribution in [3.05, 3.63) is 58.1 Å². The van der Waals surface area contributed by atoms with E-state index in [0.29, 0.717) is 18.7 Å². The van der Waals surface area contributed by atoms with Gasteiger partial charge in [-0.3, -0.25) is 4.90 Å². The molecular weight excluding hydrogens is 412 g/mol. The summed E-state index contributed by atoms with van der Waals surface area (Å²) in [6.07, 6.45) is 2.03. The smallest absolute Gasteiger partial charge is 0.335 e. The minimum absolute atomic E-state index is 0.132. The number of carbonyl (C=O) groups is 1. The number of piperidine rings is 1. The average molecular weight is 441 g/mol. The zero-order chi connectivity index (χ0) is 22.0. The lowest BCUT2D eigenvalue weighted by Gasteiger charge is -2.40. The van der Waals surface area contributed by atoms with Crippen molar-refractivity contribution in [3.63, 3.8) is 0 Å². The van der Waals surface area contributed by atoms with Crippen molar-refractivity contribution in [1.82, 2.24) is 9.88 Å². The number of methoxy groups -OCH3 is 1. The van der Waals surface area contributed by atoms with Crippen LogP contribution in [0.2, 0.25) is 0 Å². The van der Waals surface area contributed by atoms with Crippen LogP contribution in [0, 0.1) is 6.92 Å². The number of hydrogen-bond donors (Lipinski definition) is 1. The Bertz CT molecular complexity index is 1060. The predicted octanol–water partition coefficient (Wildman–Crippen LogP) is 5.05. The molecule has 3 aromatic rings. The Balaban J connectivity index is 1.69. The maximum Gasteiger partial charge on any atom is 0.335 e. The molecule has 2 heterocycles. The number of carboxylic acid groups (broad SMARTS) is 1. The highest BCUT2D eigenvalue weighted by Gasteiger charge is 2.31. The zero-order valence-electron chi connectivity index (χ0n) is 18.1.